The Balaban J connectivity index is 2.95. The topological polar surface area (TPSA) is 115 Å². The Morgan fingerprint density at radius 1 is 1.50 bits per heavy atom. The van der Waals surface area contributed by atoms with E-state index in [1.165, 1.54) is 0 Å². The van der Waals surface area contributed by atoms with E-state index in [2.05, 4.69) is 4.72 Å². The maximum atomic E-state index is 12.1. The summed E-state index contributed by atoms with van der Waals surface area (Å²) in [5, 5.41) is 10.7. The third-order valence-corrected chi connectivity index (χ3v) is 6.34. The van der Waals surface area contributed by atoms with Gasteiger partial charge in [-0.3, -0.25) is 10.1 Å². The molecule has 7 nitrogen and oxygen atoms in total. The van der Waals surface area contributed by atoms with E-state index >= 15 is 0 Å². The van der Waals surface area contributed by atoms with E-state index in [9.17, 15) is 18.5 Å². The van der Waals surface area contributed by atoms with Crippen LogP contribution in [0.2, 0.25) is 4.34 Å². The van der Waals surface area contributed by atoms with Gasteiger partial charge in [0.25, 0.3) is 5.69 Å². The van der Waals surface area contributed by atoms with Crippen LogP contribution in [0.15, 0.2) is 10.3 Å². The van der Waals surface area contributed by atoms with Gasteiger partial charge in [-0.2, -0.15) is 0 Å². The van der Waals surface area contributed by atoms with Crippen LogP contribution in [0.3, 0.4) is 0 Å². The van der Waals surface area contributed by atoms with Crippen LogP contribution in [0.4, 0.5) is 5.69 Å². The van der Waals surface area contributed by atoms with E-state index < -0.39 is 26.2 Å². The van der Waals surface area contributed by atoms with Gasteiger partial charge >= 0.3 is 0 Å². The Hall–Kier alpha value is -0.740. The molecular formula is C10H16ClN3O4S2. The van der Waals surface area contributed by atoms with Crippen LogP contribution in [-0.2, 0) is 10.0 Å². The molecule has 0 saturated heterocycles. The van der Waals surface area contributed by atoms with E-state index in [0.29, 0.717) is 24.2 Å². The van der Waals surface area contributed by atoms with Gasteiger partial charge in [-0.1, -0.05) is 25.4 Å². The van der Waals surface area contributed by atoms with Crippen LogP contribution in [0, 0.1) is 10.1 Å². The molecule has 0 aliphatic carbocycles. The van der Waals surface area contributed by atoms with Gasteiger partial charge in [-0.15, -0.1) is 11.3 Å². The lowest BCUT2D eigenvalue weighted by molar-refractivity contribution is -0.384. The van der Waals surface area contributed by atoms with E-state index in [1.54, 1.807) is 0 Å². The molecule has 0 radical (unpaired) electrons. The number of nitrogens with one attached hydrogen (secondary N) is 1. The third kappa shape index (κ3) is 3.89. The Morgan fingerprint density at radius 3 is 2.45 bits per heavy atom. The quantitative estimate of drug-likeness (QED) is 0.582. The summed E-state index contributed by atoms with van der Waals surface area (Å²) in [5.41, 5.74) is 4.95. The van der Waals surface area contributed by atoms with E-state index in [1.807, 2.05) is 13.8 Å². The molecule has 0 fully saturated rings. The summed E-state index contributed by atoms with van der Waals surface area (Å²) < 4.78 is 26.1. The molecule has 1 rings (SSSR count). The first-order valence-electron chi connectivity index (χ1n) is 5.87. The minimum atomic E-state index is -3.85. The first-order chi connectivity index (χ1) is 9.15. The number of rotatable bonds is 7. The highest BCUT2D eigenvalue weighted by atomic mass is 35.5. The van der Waals surface area contributed by atoms with Gasteiger partial charge in [0.15, 0.2) is 4.34 Å². The summed E-state index contributed by atoms with van der Waals surface area (Å²) in [6.45, 7) is 3.79. The molecule has 3 N–H and O–H groups in total. The zero-order valence-corrected chi connectivity index (χ0v) is 13.4. The Kier molecular flexibility index (Phi) is 5.50. The molecular weight excluding hydrogens is 326 g/mol. The van der Waals surface area contributed by atoms with E-state index in [0.717, 1.165) is 6.07 Å². The van der Waals surface area contributed by atoms with Crippen molar-refractivity contribution in [3.8, 4) is 0 Å². The van der Waals surface area contributed by atoms with Crippen molar-refractivity contribution in [2.45, 2.75) is 36.4 Å². The molecule has 0 aromatic carbocycles. The molecule has 0 aliphatic rings. The number of nitro groups is 1. The number of thiophene rings is 1. The summed E-state index contributed by atoms with van der Waals surface area (Å²) in [6, 6.07) is 0.950. The molecule has 0 bridgehead atoms. The predicted molar refractivity (Wildman–Crippen MR) is 78.7 cm³/mol. The molecule has 1 aromatic heterocycles. The number of hydrogen-bond donors (Lipinski definition) is 2. The second-order valence-corrected chi connectivity index (χ2v) is 8.02. The van der Waals surface area contributed by atoms with Crippen LogP contribution >= 0.6 is 22.9 Å². The minimum absolute atomic E-state index is 0.0612. The summed E-state index contributed by atoms with van der Waals surface area (Å²) in [7, 11) is -3.85. The van der Waals surface area contributed by atoms with Gasteiger partial charge in [0, 0.05) is 18.2 Å². The molecule has 0 saturated carbocycles. The summed E-state index contributed by atoms with van der Waals surface area (Å²) in [5.74, 6) is 0. The standard InChI is InChI=1S/C10H16ClN3O4S2/c1-3-10(12,4-2)6-13-20(17,18)8-5-7(14(15)16)9(11)19-8/h5,13H,3-4,6,12H2,1-2H3. The monoisotopic (exact) mass is 341 g/mol. The van der Waals surface area contributed by atoms with Crippen molar-refractivity contribution in [1.29, 1.82) is 0 Å². The molecule has 0 amide bonds. The first kappa shape index (κ1) is 17.3. The smallest absolute Gasteiger partial charge is 0.300 e. The molecule has 10 heteroatoms. The Labute approximate surface area is 126 Å². The largest absolute Gasteiger partial charge is 0.324 e. The molecule has 0 atom stereocenters. The molecule has 114 valence electrons. The molecule has 20 heavy (non-hydrogen) atoms. The highest BCUT2D eigenvalue weighted by molar-refractivity contribution is 7.91. The molecule has 0 aliphatic heterocycles. The summed E-state index contributed by atoms with van der Waals surface area (Å²) in [4.78, 5) is 9.95. The number of sulfonamides is 1. The van der Waals surface area contributed by atoms with Gasteiger partial charge in [0.2, 0.25) is 10.0 Å². The van der Waals surface area contributed by atoms with Crippen LogP contribution in [-0.4, -0.2) is 25.4 Å². The number of nitrogens with zero attached hydrogens (tertiary/aromatic N) is 1. The fraction of sp³-hybridized carbons (Fsp3) is 0.600. The van der Waals surface area contributed by atoms with Gasteiger partial charge < -0.3 is 5.73 Å². The van der Waals surface area contributed by atoms with Gasteiger partial charge in [-0.05, 0) is 12.8 Å². The van der Waals surface area contributed by atoms with Crippen molar-refractivity contribution in [3.63, 3.8) is 0 Å². The second-order valence-electron chi connectivity index (χ2n) is 4.38. The zero-order valence-electron chi connectivity index (χ0n) is 11.1. The lowest BCUT2D eigenvalue weighted by Gasteiger charge is -2.26. The Morgan fingerprint density at radius 2 is 2.05 bits per heavy atom. The molecule has 0 unspecified atom stereocenters. The van der Waals surface area contributed by atoms with Crippen LogP contribution in [0.25, 0.3) is 0 Å². The highest BCUT2D eigenvalue weighted by Crippen LogP contribution is 2.36. The molecule has 0 spiro atoms. The van der Waals surface area contributed by atoms with Gasteiger partial charge in [-0.25, -0.2) is 13.1 Å². The van der Waals surface area contributed by atoms with Gasteiger partial charge in [0.05, 0.1) is 4.92 Å². The van der Waals surface area contributed by atoms with Crippen molar-refractivity contribution in [2.24, 2.45) is 5.73 Å². The maximum absolute atomic E-state index is 12.1. The van der Waals surface area contributed by atoms with Crippen molar-refractivity contribution < 1.29 is 13.3 Å². The average Bonchev–Trinajstić information content (AvgIpc) is 2.79. The summed E-state index contributed by atoms with van der Waals surface area (Å²) >= 11 is 6.30. The number of nitrogens with two attached hydrogens (primary N) is 1. The third-order valence-electron chi connectivity index (χ3n) is 3.13. The Bertz CT molecular complexity index is 596. The van der Waals surface area contributed by atoms with Crippen LogP contribution < -0.4 is 10.5 Å². The number of hydrogen-bond acceptors (Lipinski definition) is 6. The van der Waals surface area contributed by atoms with E-state index in [4.69, 9.17) is 17.3 Å². The van der Waals surface area contributed by atoms with Crippen LogP contribution in [0.1, 0.15) is 26.7 Å². The predicted octanol–water partition coefficient (Wildman–Crippen LogP) is 2.11. The van der Waals surface area contributed by atoms with Crippen molar-refractivity contribution >= 4 is 38.6 Å². The fourth-order valence-electron chi connectivity index (χ4n) is 1.41. The zero-order chi connectivity index (χ0) is 15.6. The summed E-state index contributed by atoms with van der Waals surface area (Å²) in [6.07, 6.45) is 1.22. The molecule has 1 aromatic rings. The maximum Gasteiger partial charge on any atom is 0.300 e. The van der Waals surface area contributed by atoms with Gasteiger partial charge in [0.1, 0.15) is 4.21 Å². The normalized spacial score (nSPS) is 12.6. The second kappa shape index (κ2) is 6.35. The van der Waals surface area contributed by atoms with Crippen molar-refractivity contribution in [2.75, 3.05) is 6.54 Å². The first-order valence-corrected chi connectivity index (χ1v) is 8.55. The number of halogens is 1. The van der Waals surface area contributed by atoms with Crippen molar-refractivity contribution in [3.05, 3.63) is 20.5 Å². The average molecular weight is 342 g/mol. The van der Waals surface area contributed by atoms with Crippen molar-refractivity contribution in [1.82, 2.24) is 4.72 Å². The molecule has 1 heterocycles. The fourth-order valence-corrected chi connectivity index (χ4v) is 4.25. The minimum Gasteiger partial charge on any atom is -0.324 e. The highest BCUT2D eigenvalue weighted by Gasteiger charge is 2.28. The van der Waals surface area contributed by atoms with Crippen LogP contribution in [0.5, 0.6) is 0 Å². The lowest BCUT2D eigenvalue weighted by atomic mass is 9.95. The lowest BCUT2D eigenvalue weighted by Crippen LogP contribution is -2.49. The SMILES string of the molecule is CCC(N)(CC)CNS(=O)(=O)c1cc([N+](=O)[O-])c(Cl)s1. The van der Waals surface area contributed by atoms with E-state index in [-0.39, 0.29) is 15.1 Å².